The molecule has 0 aliphatic heterocycles. The summed E-state index contributed by atoms with van der Waals surface area (Å²) >= 11 is 0. The third-order valence-electron chi connectivity index (χ3n) is 2.20. The van der Waals surface area contributed by atoms with Gasteiger partial charge in [-0.3, -0.25) is 0 Å². The fraction of sp³-hybridized carbons (Fsp3) is 0.0769. The average molecular weight is 238 g/mol. The fourth-order valence-electron chi connectivity index (χ4n) is 1.28. The summed E-state index contributed by atoms with van der Waals surface area (Å²) in [6.07, 6.45) is -4.60. The molecular weight excluding hydrogens is 229 g/mol. The number of para-hydroxylation sites is 1. The van der Waals surface area contributed by atoms with Gasteiger partial charge in [-0.1, -0.05) is 42.5 Å². The molecule has 3 rings (SSSR count). The topological polar surface area (TPSA) is 9.23 Å². The van der Waals surface area contributed by atoms with Gasteiger partial charge in [0.25, 0.3) is 0 Å². The lowest BCUT2D eigenvalue weighted by Crippen LogP contribution is -2.16. The van der Waals surface area contributed by atoms with Crippen molar-refractivity contribution in [3.63, 3.8) is 0 Å². The van der Waals surface area contributed by atoms with Crippen LogP contribution in [0.25, 0.3) is 11.1 Å². The monoisotopic (exact) mass is 238 g/mol. The number of hydrogen-bond acceptors (Lipinski definition) is 1. The zero-order valence-electron chi connectivity index (χ0n) is 8.74. The van der Waals surface area contributed by atoms with Gasteiger partial charge < -0.3 is 4.74 Å². The van der Waals surface area contributed by atoms with E-state index in [0.29, 0.717) is 0 Å². The van der Waals surface area contributed by atoms with Crippen LogP contribution in [-0.4, -0.2) is 6.36 Å². The van der Waals surface area contributed by atoms with E-state index in [0.717, 1.165) is 0 Å². The second kappa shape index (κ2) is 4.49. The second-order valence-electron chi connectivity index (χ2n) is 3.44. The van der Waals surface area contributed by atoms with E-state index in [9.17, 15) is 13.2 Å². The van der Waals surface area contributed by atoms with E-state index < -0.39 is 6.36 Å². The smallest absolute Gasteiger partial charge is 0.406 e. The maximum atomic E-state index is 11.5. The van der Waals surface area contributed by atoms with Crippen LogP contribution in [0.4, 0.5) is 13.2 Å². The number of hydrogen-bond donors (Lipinski definition) is 0. The summed E-state index contributed by atoms with van der Waals surface area (Å²) in [5, 5.41) is 0. The molecule has 0 radical (unpaired) electrons. The largest absolute Gasteiger partial charge is 0.573 e. The van der Waals surface area contributed by atoms with Crippen LogP contribution in [0, 0.1) is 0 Å². The molecule has 0 N–H and O–H groups in total. The molecule has 4 heteroatoms. The standard InChI is InChI=1S/C7H5F3O.C6H4/c8-7(9,10)11-6-4-2-1-3-5-6;1-2-6-4-3-5(1)6/h1-5H;1-4H. The first-order chi connectivity index (χ1) is 8.04. The summed E-state index contributed by atoms with van der Waals surface area (Å²) < 4.78 is 38.2. The van der Waals surface area contributed by atoms with E-state index in [1.54, 1.807) is 6.07 Å². The highest BCUT2D eigenvalue weighted by Crippen LogP contribution is 2.29. The van der Waals surface area contributed by atoms with Gasteiger partial charge >= 0.3 is 6.36 Å². The predicted molar refractivity (Wildman–Crippen MR) is 58.6 cm³/mol. The first-order valence-corrected chi connectivity index (χ1v) is 4.96. The molecule has 0 spiro atoms. The summed E-state index contributed by atoms with van der Waals surface area (Å²) in [4.78, 5) is 0. The van der Waals surface area contributed by atoms with Gasteiger partial charge in [0, 0.05) is 0 Å². The predicted octanol–water partition coefficient (Wildman–Crippen LogP) is 4.25. The van der Waals surface area contributed by atoms with Crippen molar-refractivity contribution in [1.82, 2.24) is 0 Å². The van der Waals surface area contributed by atoms with Gasteiger partial charge in [-0.15, -0.1) is 13.2 Å². The molecule has 0 amide bonds. The van der Waals surface area contributed by atoms with Gasteiger partial charge in [0.2, 0.25) is 0 Å². The van der Waals surface area contributed by atoms with Gasteiger partial charge in [0.05, 0.1) is 0 Å². The van der Waals surface area contributed by atoms with E-state index in [1.165, 1.54) is 35.4 Å². The number of benzene rings is 2. The number of fused-ring (bicyclic) bond motifs is 1. The molecule has 0 saturated carbocycles. The lowest BCUT2D eigenvalue weighted by atomic mass is 9.95. The first kappa shape index (κ1) is 11.5. The van der Waals surface area contributed by atoms with Crippen LogP contribution in [-0.2, 0) is 0 Å². The molecule has 88 valence electrons. The quantitative estimate of drug-likeness (QED) is 0.615. The van der Waals surface area contributed by atoms with Gasteiger partial charge in [0.1, 0.15) is 5.75 Å². The molecule has 1 aromatic carbocycles. The van der Waals surface area contributed by atoms with Crippen molar-refractivity contribution in [2.45, 2.75) is 6.36 Å². The number of ether oxygens (including phenoxy) is 1. The van der Waals surface area contributed by atoms with Crippen molar-refractivity contribution in [2.24, 2.45) is 0 Å². The lowest BCUT2D eigenvalue weighted by Gasteiger charge is -2.10. The maximum absolute atomic E-state index is 11.5. The van der Waals surface area contributed by atoms with Crippen LogP contribution >= 0.6 is 0 Å². The van der Waals surface area contributed by atoms with Crippen LogP contribution in [0.1, 0.15) is 0 Å². The van der Waals surface area contributed by atoms with E-state index in [2.05, 4.69) is 29.0 Å². The van der Waals surface area contributed by atoms with E-state index in [1.807, 2.05) is 0 Å². The Labute approximate surface area is 96.5 Å². The average Bonchev–Trinajstić information content (AvgIpc) is 2.23. The summed E-state index contributed by atoms with van der Waals surface area (Å²) in [6, 6.07) is 15.5. The van der Waals surface area contributed by atoms with Crippen LogP contribution in [0.5, 0.6) is 5.75 Å². The summed E-state index contributed by atoms with van der Waals surface area (Å²) in [6.45, 7) is 0. The Kier molecular flexibility index (Phi) is 3.04. The minimum Gasteiger partial charge on any atom is -0.406 e. The Bertz CT molecular complexity index is 453. The summed E-state index contributed by atoms with van der Waals surface area (Å²) in [5.74, 6) is -0.194. The molecule has 1 nitrogen and oxygen atoms in total. The Morgan fingerprint density at radius 3 is 1.47 bits per heavy atom. The highest BCUT2D eigenvalue weighted by atomic mass is 19.4. The molecular formula is C13H9F3O. The van der Waals surface area contributed by atoms with Gasteiger partial charge in [-0.05, 0) is 23.3 Å². The third-order valence-corrected chi connectivity index (χ3v) is 2.20. The molecule has 2 aliphatic rings. The zero-order valence-corrected chi connectivity index (χ0v) is 8.74. The minimum absolute atomic E-state index is 0.194. The lowest BCUT2D eigenvalue weighted by molar-refractivity contribution is -0.274. The molecule has 0 unspecified atom stereocenters. The number of rotatable bonds is 1. The van der Waals surface area contributed by atoms with E-state index >= 15 is 0 Å². The Morgan fingerprint density at radius 1 is 0.706 bits per heavy atom. The molecule has 0 atom stereocenters. The van der Waals surface area contributed by atoms with Crippen LogP contribution in [0.3, 0.4) is 0 Å². The maximum Gasteiger partial charge on any atom is 0.573 e. The number of alkyl halides is 3. The fourth-order valence-corrected chi connectivity index (χ4v) is 1.28. The number of halogens is 3. The molecule has 17 heavy (non-hydrogen) atoms. The normalized spacial score (nSPS) is 11.2. The van der Waals surface area contributed by atoms with Crippen molar-refractivity contribution in [1.29, 1.82) is 0 Å². The minimum atomic E-state index is -4.60. The van der Waals surface area contributed by atoms with E-state index in [-0.39, 0.29) is 5.75 Å². The second-order valence-corrected chi connectivity index (χ2v) is 3.44. The summed E-state index contributed by atoms with van der Waals surface area (Å²) in [5.41, 5.74) is 2.85. The van der Waals surface area contributed by atoms with Crippen LogP contribution < -0.4 is 4.74 Å². The van der Waals surface area contributed by atoms with Crippen molar-refractivity contribution in [3.8, 4) is 16.9 Å². The molecule has 1 aromatic rings. The SMILES string of the molecule is FC(F)(F)Oc1ccccc1.c1cc2ccc1-2. The Morgan fingerprint density at radius 2 is 1.18 bits per heavy atom. The third kappa shape index (κ3) is 3.24. The Balaban J connectivity index is 0.000000148. The molecule has 0 bridgehead atoms. The first-order valence-electron chi connectivity index (χ1n) is 4.96. The van der Waals surface area contributed by atoms with Gasteiger partial charge in [-0.2, -0.15) is 0 Å². The van der Waals surface area contributed by atoms with Crippen molar-refractivity contribution < 1.29 is 17.9 Å². The van der Waals surface area contributed by atoms with Gasteiger partial charge in [-0.25, -0.2) is 0 Å². The molecule has 0 heterocycles. The van der Waals surface area contributed by atoms with E-state index in [4.69, 9.17) is 0 Å². The van der Waals surface area contributed by atoms with Crippen LogP contribution in [0.15, 0.2) is 54.6 Å². The molecule has 2 aliphatic carbocycles. The summed E-state index contributed by atoms with van der Waals surface area (Å²) in [7, 11) is 0. The van der Waals surface area contributed by atoms with Crippen molar-refractivity contribution in [2.75, 3.05) is 0 Å². The van der Waals surface area contributed by atoms with Crippen molar-refractivity contribution >= 4 is 0 Å². The van der Waals surface area contributed by atoms with Crippen molar-refractivity contribution in [3.05, 3.63) is 54.6 Å². The Hall–Kier alpha value is -1.97. The molecule has 0 aromatic heterocycles. The molecule has 0 saturated heterocycles. The highest BCUT2D eigenvalue weighted by molar-refractivity contribution is 5.75. The molecule has 0 fully saturated rings. The van der Waals surface area contributed by atoms with Gasteiger partial charge in [0.15, 0.2) is 0 Å². The van der Waals surface area contributed by atoms with Crippen LogP contribution in [0.2, 0.25) is 0 Å². The zero-order chi connectivity index (χ0) is 12.3. The highest BCUT2D eigenvalue weighted by Gasteiger charge is 2.30.